The van der Waals surface area contributed by atoms with E-state index in [1.807, 2.05) is 37.3 Å². The van der Waals surface area contributed by atoms with Gasteiger partial charge >= 0.3 is 5.97 Å². The first-order chi connectivity index (χ1) is 7.77. The molecule has 0 radical (unpaired) electrons. The van der Waals surface area contributed by atoms with Crippen molar-refractivity contribution in [3.63, 3.8) is 0 Å². The van der Waals surface area contributed by atoms with Crippen molar-refractivity contribution in [1.82, 2.24) is 0 Å². The lowest BCUT2D eigenvalue weighted by Crippen LogP contribution is -2.43. The molecule has 2 rings (SSSR count). The van der Waals surface area contributed by atoms with Crippen molar-refractivity contribution in [2.24, 2.45) is 5.92 Å². The smallest absolute Gasteiger partial charge is 0.312 e. The third kappa shape index (κ3) is 2.61. The summed E-state index contributed by atoms with van der Waals surface area (Å²) in [6.07, 6.45) is 0.850. The maximum atomic E-state index is 10.8. The fraction of sp³-hybridized carbons (Fsp3) is 0.462. The SMILES string of the molecule is C[C@H]1C(=O)O[C@H]1CCOCc1ccccc1. The molecule has 2 atom stereocenters. The summed E-state index contributed by atoms with van der Waals surface area (Å²) in [5.74, 6) is -0.0478. The van der Waals surface area contributed by atoms with Gasteiger partial charge in [0, 0.05) is 6.42 Å². The molecule has 0 aliphatic carbocycles. The number of carbonyl (C=O) groups excluding carboxylic acids is 1. The largest absolute Gasteiger partial charge is 0.461 e. The van der Waals surface area contributed by atoms with Gasteiger partial charge in [-0.2, -0.15) is 0 Å². The first-order valence-corrected chi connectivity index (χ1v) is 5.59. The molecule has 0 spiro atoms. The van der Waals surface area contributed by atoms with Crippen LogP contribution in [0.2, 0.25) is 0 Å². The van der Waals surface area contributed by atoms with Crippen molar-refractivity contribution >= 4 is 5.97 Å². The minimum Gasteiger partial charge on any atom is -0.461 e. The molecular weight excluding hydrogens is 204 g/mol. The van der Waals surface area contributed by atoms with E-state index in [-0.39, 0.29) is 18.0 Å². The van der Waals surface area contributed by atoms with Gasteiger partial charge in [0.1, 0.15) is 6.10 Å². The summed E-state index contributed by atoms with van der Waals surface area (Å²) in [4.78, 5) is 10.8. The van der Waals surface area contributed by atoms with E-state index in [1.165, 1.54) is 5.56 Å². The highest BCUT2D eigenvalue weighted by atomic mass is 16.6. The second-order valence-electron chi connectivity index (χ2n) is 4.09. The zero-order valence-corrected chi connectivity index (χ0v) is 9.39. The number of ether oxygens (including phenoxy) is 2. The molecule has 1 aliphatic rings. The van der Waals surface area contributed by atoms with E-state index in [0.717, 1.165) is 6.42 Å². The molecule has 1 aromatic rings. The van der Waals surface area contributed by atoms with E-state index in [0.29, 0.717) is 13.2 Å². The van der Waals surface area contributed by atoms with Crippen LogP contribution in [0.25, 0.3) is 0 Å². The average Bonchev–Trinajstić information content (AvgIpc) is 2.34. The lowest BCUT2D eigenvalue weighted by atomic mass is 9.97. The Labute approximate surface area is 95.4 Å². The van der Waals surface area contributed by atoms with Gasteiger partial charge < -0.3 is 9.47 Å². The normalized spacial score (nSPS) is 23.7. The average molecular weight is 220 g/mol. The number of carbonyl (C=O) groups is 1. The minimum atomic E-state index is -0.0898. The van der Waals surface area contributed by atoms with Gasteiger partial charge in [-0.3, -0.25) is 4.79 Å². The number of benzene rings is 1. The van der Waals surface area contributed by atoms with Crippen molar-refractivity contribution in [2.45, 2.75) is 26.1 Å². The summed E-state index contributed by atoms with van der Waals surface area (Å²) in [6, 6.07) is 10.0. The predicted octanol–water partition coefficient (Wildman–Crippen LogP) is 2.15. The van der Waals surface area contributed by atoms with E-state index in [9.17, 15) is 4.79 Å². The van der Waals surface area contributed by atoms with E-state index in [2.05, 4.69) is 0 Å². The summed E-state index contributed by atoms with van der Waals surface area (Å²) in [5, 5.41) is 0. The summed E-state index contributed by atoms with van der Waals surface area (Å²) in [7, 11) is 0. The molecular formula is C13H16O3. The maximum absolute atomic E-state index is 10.8. The fourth-order valence-corrected chi connectivity index (χ4v) is 1.71. The molecule has 3 nitrogen and oxygen atoms in total. The third-order valence-electron chi connectivity index (χ3n) is 2.86. The zero-order chi connectivity index (χ0) is 11.4. The van der Waals surface area contributed by atoms with E-state index in [4.69, 9.17) is 9.47 Å². The van der Waals surface area contributed by atoms with Crippen molar-refractivity contribution < 1.29 is 14.3 Å². The highest BCUT2D eigenvalue weighted by molar-refractivity contribution is 5.77. The van der Waals surface area contributed by atoms with Gasteiger partial charge in [-0.25, -0.2) is 0 Å². The van der Waals surface area contributed by atoms with Crippen LogP contribution in [0.15, 0.2) is 30.3 Å². The molecule has 16 heavy (non-hydrogen) atoms. The van der Waals surface area contributed by atoms with Gasteiger partial charge in [0.15, 0.2) is 0 Å². The quantitative estimate of drug-likeness (QED) is 0.563. The van der Waals surface area contributed by atoms with Crippen LogP contribution < -0.4 is 0 Å². The van der Waals surface area contributed by atoms with Gasteiger partial charge in [-0.1, -0.05) is 30.3 Å². The highest BCUT2D eigenvalue weighted by Gasteiger charge is 2.37. The Hall–Kier alpha value is -1.35. The van der Waals surface area contributed by atoms with Gasteiger partial charge in [-0.15, -0.1) is 0 Å². The van der Waals surface area contributed by atoms with Gasteiger partial charge in [0.25, 0.3) is 0 Å². The Bertz CT molecular complexity index is 347. The van der Waals surface area contributed by atoms with Gasteiger partial charge in [0.2, 0.25) is 0 Å². The van der Waals surface area contributed by atoms with E-state index < -0.39 is 0 Å². The molecule has 3 heteroatoms. The van der Waals surface area contributed by atoms with Crippen LogP contribution in [-0.4, -0.2) is 18.7 Å². The van der Waals surface area contributed by atoms with Crippen molar-refractivity contribution in [3.8, 4) is 0 Å². The number of hydrogen-bond donors (Lipinski definition) is 0. The molecule has 1 saturated heterocycles. The van der Waals surface area contributed by atoms with Crippen LogP contribution in [0.1, 0.15) is 18.9 Å². The Morgan fingerprint density at radius 1 is 1.31 bits per heavy atom. The second-order valence-corrected chi connectivity index (χ2v) is 4.09. The lowest BCUT2D eigenvalue weighted by Gasteiger charge is -2.32. The number of hydrogen-bond acceptors (Lipinski definition) is 3. The zero-order valence-electron chi connectivity index (χ0n) is 9.39. The monoisotopic (exact) mass is 220 g/mol. The van der Waals surface area contributed by atoms with Crippen LogP contribution >= 0.6 is 0 Å². The summed E-state index contributed by atoms with van der Waals surface area (Å²) in [6.45, 7) is 3.15. The molecule has 0 amide bonds. The molecule has 0 aromatic heterocycles. The second kappa shape index (κ2) is 5.12. The van der Waals surface area contributed by atoms with Gasteiger partial charge in [0.05, 0.1) is 19.1 Å². The fourth-order valence-electron chi connectivity index (χ4n) is 1.71. The molecule has 86 valence electrons. The Kier molecular flexibility index (Phi) is 3.57. The lowest BCUT2D eigenvalue weighted by molar-refractivity contribution is -0.184. The van der Waals surface area contributed by atoms with Crippen LogP contribution in [-0.2, 0) is 20.9 Å². The minimum absolute atomic E-state index is 0.0420. The Morgan fingerprint density at radius 2 is 2.06 bits per heavy atom. The summed E-state index contributed by atoms with van der Waals surface area (Å²) in [5.41, 5.74) is 1.17. The summed E-state index contributed by atoms with van der Waals surface area (Å²) >= 11 is 0. The van der Waals surface area contributed by atoms with Gasteiger partial charge in [-0.05, 0) is 12.5 Å². The van der Waals surface area contributed by atoms with E-state index in [1.54, 1.807) is 0 Å². The predicted molar refractivity (Wildman–Crippen MR) is 59.8 cm³/mol. The van der Waals surface area contributed by atoms with Crippen molar-refractivity contribution in [3.05, 3.63) is 35.9 Å². The molecule has 0 bridgehead atoms. The van der Waals surface area contributed by atoms with Crippen LogP contribution in [0.4, 0.5) is 0 Å². The summed E-state index contributed by atoms with van der Waals surface area (Å²) < 4.78 is 10.5. The molecule has 0 N–H and O–H groups in total. The van der Waals surface area contributed by atoms with E-state index >= 15 is 0 Å². The molecule has 0 saturated carbocycles. The highest BCUT2D eigenvalue weighted by Crippen LogP contribution is 2.24. The molecule has 0 unspecified atom stereocenters. The number of cyclic esters (lactones) is 1. The Morgan fingerprint density at radius 3 is 2.69 bits per heavy atom. The molecule has 1 aromatic carbocycles. The van der Waals surface area contributed by atoms with Crippen LogP contribution in [0, 0.1) is 5.92 Å². The van der Waals surface area contributed by atoms with Crippen LogP contribution in [0.3, 0.4) is 0 Å². The maximum Gasteiger partial charge on any atom is 0.312 e. The number of esters is 1. The topological polar surface area (TPSA) is 35.5 Å². The standard InChI is InChI=1S/C13H16O3/c1-10-12(16-13(10)14)7-8-15-9-11-5-3-2-4-6-11/h2-6,10,12H,7-9H2,1H3/t10-,12+/m1/s1. The Balaban J connectivity index is 1.61. The third-order valence-corrected chi connectivity index (χ3v) is 2.86. The van der Waals surface area contributed by atoms with Crippen molar-refractivity contribution in [2.75, 3.05) is 6.61 Å². The molecule has 1 heterocycles. The van der Waals surface area contributed by atoms with Crippen LogP contribution in [0.5, 0.6) is 0 Å². The molecule has 1 fully saturated rings. The first kappa shape index (κ1) is 11.1. The van der Waals surface area contributed by atoms with Crippen molar-refractivity contribution in [1.29, 1.82) is 0 Å². The first-order valence-electron chi connectivity index (χ1n) is 5.59. The molecule has 1 aliphatic heterocycles. The number of rotatable bonds is 5.